The third-order valence-electron chi connectivity index (χ3n) is 2.33. The van der Waals surface area contributed by atoms with Crippen molar-refractivity contribution in [2.75, 3.05) is 33.4 Å². The van der Waals surface area contributed by atoms with Crippen LogP contribution in [0.3, 0.4) is 0 Å². The van der Waals surface area contributed by atoms with Crippen molar-refractivity contribution in [1.29, 1.82) is 0 Å². The van der Waals surface area contributed by atoms with Crippen molar-refractivity contribution in [3.63, 3.8) is 0 Å². The van der Waals surface area contributed by atoms with Crippen LogP contribution < -0.4 is 5.32 Å². The van der Waals surface area contributed by atoms with E-state index in [0.717, 1.165) is 26.1 Å². The van der Waals surface area contributed by atoms with Gasteiger partial charge in [0, 0.05) is 32.8 Å². The second kappa shape index (κ2) is 5.19. The summed E-state index contributed by atoms with van der Waals surface area (Å²) in [6, 6.07) is 0.514. The predicted octanol–water partition coefficient (Wildman–Crippen LogP) is -0.157. The molecule has 1 unspecified atom stereocenters. The third kappa shape index (κ3) is 3.32. The first-order valence-electron chi connectivity index (χ1n) is 4.74. The monoisotopic (exact) mass is 186 g/mol. The third-order valence-corrected chi connectivity index (χ3v) is 2.33. The second-order valence-electron chi connectivity index (χ2n) is 3.46. The number of hydrogen-bond donors (Lipinski definition) is 1. The Balaban J connectivity index is 2.37. The van der Waals surface area contributed by atoms with Gasteiger partial charge in [-0.05, 0) is 13.3 Å². The highest BCUT2D eigenvalue weighted by Crippen LogP contribution is 2.01. The maximum atomic E-state index is 11.4. The molecule has 1 rings (SSSR count). The summed E-state index contributed by atoms with van der Waals surface area (Å²) >= 11 is 0. The number of methoxy groups -OCH3 is 1. The largest absolute Gasteiger partial charge is 0.375 e. The predicted molar refractivity (Wildman–Crippen MR) is 50.5 cm³/mol. The van der Waals surface area contributed by atoms with Crippen molar-refractivity contribution in [2.45, 2.75) is 19.4 Å². The number of rotatable bonds is 2. The molecule has 1 heterocycles. The Morgan fingerprint density at radius 1 is 1.62 bits per heavy atom. The molecule has 4 nitrogen and oxygen atoms in total. The topological polar surface area (TPSA) is 41.6 Å². The Morgan fingerprint density at radius 3 is 3.08 bits per heavy atom. The van der Waals surface area contributed by atoms with Gasteiger partial charge in [-0.15, -0.1) is 0 Å². The van der Waals surface area contributed by atoms with Crippen LogP contribution in [-0.4, -0.2) is 50.2 Å². The summed E-state index contributed by atoms with van der Waals surface area (Å²) < 4.78 is 4.81. The van der Waals surface area contributed by atoms with Crippen LogP contribution in [0, 0.1) is 0 Å². The minimum Gasteiger partial charge on any atom is -0.375 e. The van der Waals surface area contributed by atoms with E-state index in [1.807, 2.05) is 4.90 Å². The first-order chi connectivity index (χ1) is 6.24. The Morgan fingerprint density at radius 2 is 2.38 bits per heavy atom. The molecule has 1 fully saturated rings. The van der Waals surface area contributed by atoms with Gasteiger partial charge in [0.1, 0.15) is 6.61 Å². The average Bonchev–Trinajstić information content (AvgIpc) is 2.30. The lowest BCUT2D eigenvalue weighted by Gasteiger charge is -2.19. The van der Waals surface area contributed by atoms with E-state index in [1.54, 1.807) is 7.11 Å². The fourth-order valence-corrected chi connectivity index (χ4v) is 1.47. The lowest BCUT2D eigenvalue weighted by Crippen LogP contribution is -2.36. The lowest BCUT2D eigenvalue weighted by molar-refractivity contribution is -0.134. The summed E-state index contributed by atoms with van der Waals surface area (Å²) in [5, 5.41) is 3.34. The number of carbonyl (C=O) groups excluding carboxylic acids is 1. The zero-order chi connectivity index (χ0) is 9.68. The number of nitrogens with zero attached hydrogens (tertiary/aromatic N) is 1. The van der Waals surface area contributed by atoms with Crippen LogP contribution in [0.4, 0.5) is 0 Å². The molecule has 0 radical (unpaired) electrons. The van der Waals surface area contributed by atoms with E-state index in [9.17, 15) is 4.79 Å². The van der Waals surface area contributed by atoms with Gasteiger partial charge in [0.2, 0.25) is 5.91 Å². The molecule has 1 N–H and O–H groups in total. The molecule has 0 aromatic carbocycles. The van der Waals surface area contributed by atoms with Crippen molar-refractivity contribution < 1.29 is 9.53 Å². The van der Waals surface area contributed by atoms with Crippen LogP contribution in [0.1, 0.15) is 13.3 Å². The fourth-order valence-electron chi connectivity index (χ4n) is 1.47. The first-order valence-corrected chi connectivity index (χ1v) is 4.74. The van der Waals surface area contributed by atoms with Gasteiger partial charge >= 0.3 is 0 Å². The van der Waals surface area contributed by atoms with Crippen LogP contribution in [-0.2, 0) is 9.53 Å². The highest BCUT2D eigenvalue weighted by molar-refractivity contribution is 5.77. The highest BCUT2D eigenvalue weighted by Gasteiger charge is 2.17. The summed E-state index contributed by atoms with van der Waals surface area (Å²) in [6.45, 7) is 4.87. The van der Waals surface area contributed by atoms with Crippen LogP contribution in [0.25, 0.3) is 0 Å². The molecule has 13 heavy (non-hydrogen) atoms. The molecule has 76 valence electrons. The first kappa shape index (κ1) is 10.5. The average molecular weight is 186 g/mol. The SMILES string of the molecule is COCC(=O)N1CCNC(C)CC1. The molecule has 0 bridgehead atoms. The molecule has 1 amide bonds. The van der Waals surface area contributed by atoms with Gasteiger partial charge in [-0.3, -0.25) is 4.79 Å². The number of nitrogens with one attached hydrogen (secondary N) is 1. The molecule has 1 atom stereocenters. The Hall–Kier alpha value is -0.610. The van der Waals surface area contributed by atoms with Gasteiger partial charge in [0.25, 0.3) is 0 Å². The number of hydrogen-bond acceptors (Lipinski definition) is 3. The second-order valence-corrected chi connectivity index (χ2v) is 3.46. The quantitative estimate of drug-likeness (QED) is 0.651. The molecule has 4 heteroatoms. The summed E-state index contributed by atoms with van der Waals surface area (Å²) in [6.07, 6.45) is 1.02. The normalized spacial score (nSPS) is 24.2. The molecular formula is C9H18N2O2. The molecule has 1 aliphatic rings. The van der Waals surface area contributed by atoms with E-state index in [2.05, 4.69) is 12.2 Å². The fraction of sp³-hybridized carbons (Fsp3) is 0.889. The molecule has 1 aliphatic heterocycles. The van der Waals surface area contributed by atoms with Gasteiger partial charge in [-0.1, -0.05) is 0 Å². The molecular weight excluding hydrogens is 168 g/mol. The van der Waals surface area contributed by atoms with Crippen LogP contribution in [0.15, 0.2) is 0 Å². The number of carbonyl (C=O) groups is 1. The van der Waals surface area contributed by atoms with E-state index < -0.39 is 0 Å². The molecule has 0 saturated carbocycles. The standard InChI is InChI=1S/C9H18N2O2/c1-8-3-5-11(6-4-10-8)9(12)7-13-2/h8,10H,3-7H2,1-2H3. The smallest absolute Gasteiger partial charge is 0.248 e. The minimum absolute atomic E-state index is 0.0957. The maximum Gasteiger partial charge on any atom is 0.248 e. The number of ether oxygens (including phenoxy) is 1. The zero-order valence-electron chi connectivity index (χ0n) is 8.38. The van der Waals surface area contributed by atoms with Gasteiger partial charge in [0.05, 0.1) is 0 Å². The van der Waals surface area contributed by atoms with Crippen LogP contribution >= 0.6 is 0 Å². The van der Waals surface area contributed by atoms with E-state index in [0.29, 0.717) is 6.04 Å². The van der Waals surface area contributed by atoms with Crippen molar-refractivity contribution in [2.24, 2.45) is 0 Å². The lowest BCUT2D eigenvalue weighted by atomic mass is 10.2. The zero-order valence-corrected chi connectivity index (χ0v) is 8.38. The van der Waals surface area contributed by atoms with E-state index in [1.165, 1.54) is 0 Å². The highest BCUT2D eigenvalue weighted by atomic mass is 16.5. The van der Waals surface area contributed by atoms with E-state index in [-0.39, 0.29) is 12.5 Å². The van der Waals surface area contributed by atoms with Gasteiger partial charge in [-0.25, -0.2) is 0 Å². The summed E-state index contributed by atoms with van der Waals surface area (Å²) in [5.41, 5.74) is 0. The van der Waals surface area contributed by atoms with E-state index >= 15 is 0 Å². The molecule has 1 saturated heterocycles. The van der Waals surface area contributed by atoms with Crippen LogP contribution in [0.2, 0.25) is 0 Å². The molecule has 0 aliphatic carbocycles. The van der Waals surface area contributed by atoms with Crippen LogP contribution in [0.5, 0.6) is 0 Å². The summed E-state index contributed by atoms with van der Waals surface area (Å²) in [4.78, 5) is 13.3. The Labute approximate surface area is 79.2 Å². The maximum absolute atomic E-state index is 11.4. The van der Waals surface area contributed by atoms with Gasteiger partial charge in [0.15, 0.2) is 0 Å². The minimum atomic E-state index is 0.0957. The van der Waals surface area contributed by atoms with E-state index in [4.69, 9.17) is 4.74 Å². The summed E-state index contributed by atoms with van der Waals surface area (Å²) in [5.74, 6) is 0.0957. The van der Waals surface area contributed by atoms with Crippen molar-refractivity contribution in [3.05, 3.63) is 0 Å². The summed E-state index contributed by atoms with van der Waals surface area (Å²) in [7, 11) is 1.55. The van der Waals surface area contributed by atoms with Gasteiger partial charge < -0.3 is 15.0 Å². The molecule has 0 spiro atoms. The Bertz CT molecular complexity index is 173. The molecule has 0 aromatic rings. The van der Waals surface area contributed by atoms with Crippen molar-refractivity contribution in [3.8, 4) is 0 Å². The Kier molecular flexibility index (Phi) is 4.18. The molecule has 0 aromatic heterocycles. The van der Waals surface area contributed by atoms with Gasteiger partial charge in [-0.2, -0.15) is 0 Å². The number of amides is 1. The van der Waals surface area contributed by atoms with Crippen molar-refractivity contribution >= 4 is 5.91 Å². The van der Waals surface area contributed by atoms with Crippen molar-refractivity contribution in [1.82, 2.24) is 10.2 Å².